The van der Waals surface area contributed by atoms with Crippen LogP contribution in [-0.2, 0) is 12.8 Å². The van der Waals surface area contributed by atoms with Crippen LogP contribution in [-0.4, -0.2) is 41.4 Å². The Morgan fingerprint density at radius 3 is 3.00 bits per heavy atom. The van der Waals surface area contributed by atoms with Gasteiger partial charge in [0.1, 0.15) is 0 Å². The minimum atomic E-state index is 0.524. The molecule has 5 nitrogen and oxygen atoms in total. The van der Waals surface area contributed by atoms with E-state index in [2.05, 4.69) is 38.1 Å². The van der Waals surface area contributed by atoms with Gasteiger partial charge in [0.2, 0.25) is 0 Å². The summed E-state index contributed by atoms with van der Waals surface area (Å²) in [6.45, 7) is 2.01. The standard InChI is InChI=1S/C14H17N5S/c1-18(14-15-5-6-20-14)11-8-19(9-11)13-7-10-3-2-4-12(10)16-17-13/h5-7,11H,2-4,8-9H2,1H3. The predicted octanol–water partition coefficient (Wildman–Crippen LogP) is 1.75. The first-order chi connectivity index (χ1) is 9.81. The minimum absolute atomic E-state index is 0.524. The van der Waals surface area contributed by atoms with E-state index >= 15 is 0 Å². The molecule has 2 aromatic heterocycles. The summed E-state index contributed by atoms with van der Waals surface area (Å²) in [5.74, 6) is 1.04. The molecule has 4 rings (SSSR count). The number of thiazole rings is 1. The molecule has 1 aliphatic carbocycles. The normalized spacial score (nSPS) is 17.9. The predicted molar refractivity (Wildman–Crippen MR) is 80.6 cm³/mol. The first kappa shape index (κ1) is 12.1. The molecule has 0 amide bonds. The molecule has 2 aliphatic rings. The average Bonchev–Trinajstić information content (AvgIpc) is 3.07. The van der Waals surface area contributed by atoms with Gasteiger partial charge in [0.05, 0.1) is 11.7 Å². The fourth-order valence-electron chi connectivity index (χ4n) is 2.91. The number of aryl methyl sites for hydroxylation is 2. The molecule has 0 unspecified atom stereocenters. The second kappa shape index (κ2) is 4.70. The van der Waals surface area contributed by atoms with Gasteiger partial charge in [0.15, 0.2) is 10.9 Å². The van der Waals surface area contributed by atoms with E-state index in [0.29, 0.717) is 6.04 Å². The van der Waals surface area contributed by atoms with Crippen molar-refractivity contribution in [3.05, 3.63) is 28.9 Å². The van der Waals surface area contributed by atoms with Crippen molar-refractivity contribution in [3.63, 3.8) is 0 Å². The van der Waals surface area contributed by atoms with Gasteiger partial charge >= 0.3 is 0 Å². The van der Waals surface area contributed by atoms with Crippen LogP contribution in [0.3, 0.4) is 0 Å². The average molecular weight is 287 g/mol. The van der Waals surface area contributed by atoms with Crippen LogP contribution in [0.15, 0.2) is 17.6 Å². The van der Waals surface area contributed by atoms with Crippen LogP contribution < -0.4 is 9.80 Å². The third kappa shape index (κ3) is 1.95. The maximum Gasteiger partial charge on any atom is 0.185 e. The number of anilines is 2. The third-order valence-corrected chi connectivity index (χ3v) is 5.12. The monoisotopic (exact) mass is 287 g/mol. The van der Waals surface area contributed by atoms with E-state index in [1.54, 1.807) is 11.3 Å². The summed E-state index contributed by atoms with van der Waals surface area (Å²) in [6, 6.07) is 2.76. The van der Waals surface area contributed by atoms with Crippen LogP contribution in [0, 0.1) is 0 Å². The van der Waals surface area contributed by atoms with E-state index in [1.165, 1.54) is 17.7 Å². The quantitative estimate of drug-likeness (QED) is 0.860. The number of aromatic nitrogens is 3. The van der Waals surface area contributed by atoms with Gasteiger partial charge in [-0.05, 0) is 30.9 Å². The van der Waals surface area contributed by atoms with Crippen molar-refractivity contribution in [2.24, 2.45) is 0 Å². The van der Waals surface area contributed by atoms with Crippen LogP contribution >= 0.6 is 11.3 Å². The van der Waals surface area contributed by atoms with Crippen molar-refractivity contribution in [1.82, 2.24) is 15.2 Å². The summed E-state index contributed by atoms with van der Waals surface area (Å²) < 4.78 is 0. The zero-order valence-electron chi connectivity index (χ0n) is 11.5. The van der Waals surface area contributed by atoms with Gasteiger partial charge in [-0.3, -0.25) is 0 Å². The summed E-state index contributed by atoms with van der Waals surface area (Å²) in [7, 11) is 2.12. The summed E-state index contributed by atoms with van der Waals surface area (Å²) in [5.41, 5.74) is 2.59. The fraction of sp³-hybridized carbons (Fsp3) is 0.500. The molecule has 0 aromatic carbocycles. The molecule has 1 saturated heterocycles. The fourth-order valence-corrected chi connectivity index (χ4v) is 3.59. The molecule has 6 heteroatoms. The lowest BCUT2D eigenvalue weighted by Crippen LogP contribution is -2.59. The molecule has 1 fully saturated rings. The van der Waals surface area contributed by atoms with Crippen molar-refractivity contribution in [1.29, 1.82) is 0 Å². The number of rotatable bonds is 3. The van der Waals surface area contributed by atoms with Crippen molar-refractivity contribution >= 4 is 22.3 Å². The molecule has 104 valence electrons. The van der Waals surface area contributed by atoms with E-state index in [0.717, 1.165) is 36.9 Å². The Kier molecular flexibility index (Phi) is 2.84. The SMILES string of the molecule is CN(c1nccs1)C1CN(c2cc3c(nn2)CCC3)C1. The van der Waals surface area contributed by atoms with Crippen LogP contribution in [0.25, 0.3) is 0 Å². The third-order valence-electron chi connectivity index (χ3n) is 4.26. The molecule has 0 spiro atoms. The van der Waals surface area contributed by atoms with Gasteiger partial charge in [-0.2, -0.15) is 5.10 Å². The van der Waals surface area contributed by atoms with E-state index < -0.39 is 0 Å². The molecule has 1 aliphatic heterocycles. The van der Waals surface area contributed by atoms with Gasteiger partial charge in [-0.25, -0.2) is 4.98 Å². The molecule has 2 aromatic rings. The Balaban J connectivity index is 1.44. The lowest BCUT2D eigenvalue weighted by atomic mass is 10.1. The highest BCUT2D eigenvalue weighted by atomic mass is 32.1. The second-order valence-corrected chi connectivity index (χ2v) is 6.39. The molecule has 20 heavy (non-hydrogen) atoms. The first-order valence-corrected chi connectivity index (χ1v) is 7.92. The van der Waals surface area contributed by atoms with Crippen LogP contribution in [0.5, 0.6) is 0 Å². The van der Waals surface area contributed by atoms with Crippen molar-refractivity contribution in [3.8, 4) is 0 Å². The highest BCUT2D eigenvalue weighted by molar-refractivity contribution is 7.13. The van der Waals surface area contributed by atoms with E-state index in [4.69, 9.17) is 0 Å². The maximum atomic E-state index is 4.37. The summed E-state index contributed by atoms with van der Waals surface area (Å²) in [4.78, 5) is 8.93. The molecule has 0 saturated carbocycles. The molecule has 0 radical (unpaired) electrons. The highest BCUT2D eigenvalue weighted by Gasteiger charge is 2.32. The Bertz CT molecular complexity index is 606. The lowest BCUT2D eigenvalue weighted by molar-refractivity contribution is 0.489. The first-order valence-electron chi connectivity index (χ1n) is 7.04. The molecular weight excluding hydrogens is 270 g/mol. The topological polar surface area (TPSA) is 45.2 Å². The van der Waals surface area contributed by atoms with Crippen LogP contribution in [0.1, 0.15) is 17.7 Å². The van der Waals surface area contributed by atoms with Gasteiger partial charge in [0, 0.05) is 31.7 Å². The number of likely N-dealkylation sites (N-methyl/N-ethyl adjacent to an activating group) is 1. The van der Waals surface area contributed by atoms with Crippen LogP contribution in [0.2, 0.25) is 0 Å². The summed E-state index contributed by atoms with van der Waals surface area (Å²) in [5, 5.41) is 11.9. The minimum Gasteiger partial charge on any atom is -0.351 e. The largest absolute Gasteiger partial charge is 0.351 e. The Morgan fingerprint density at radius 1 is 1.30 bits per heavy atom. The Hall–Kier alpha value is -1.69. The van der Waals surface area contributed by atoms with Crippen molar-refractivity contribution < 1.29 is 0 Å². The zero-order chi connectivity index (χ0) is 13.5. The van der Waals surface area contributed by atoms with Crippen molar-refractivity contribution in [2.45, 2.75) is 25.3 Å². The second-order valence-electron chi connectivity index (χ2n) is 5.51. The maximum absolute atomic E-state index is 4.37. The molecule has 3 heterocycles. The van der Waals surface area contributed by atoms with Gasteiger partial charge in [-0.15, -0.1) is 16.4 Å². The molecule has 0 N–H and O–H groups in total. The van der Waals surface area contributed by atoms with E-state index in [1.807, 2.05) is 11.6 Å². The highest BCUT2D eigenvalue weighted by Crippen LogP contribution is 2.28. The van der Waals surface area contributed by atoms with E-state index in [-0.39, 0.29) is 0 Å². The summed E-state index contributed by atoms with van der Waals surface area (Å²) >= 11 is 1.69. The summed E-state index contributed by atoms with van der Waals surface area (Å²) in [6.07, 6.45) is 5.34. The Morgan fingerprint density at radius 2 is 2.20 bits per heavy atom. The van der Waals surface area contributed by atoms with E-state index in [9.17, 15) is 0 Å². The smallest absolute Gasteiger partial charge is 0.185 e. The zero-order valence-corrected chi connectivity index (χ0v) is 12.3. The number of hydrogen-bond donors (Lipinski definition) is 0. The molecule has 0 bridgehead atoms. The van der Waals surface area contributed by atoms with Crippen LogP contribution in [0.4, 0.5) is 10.9 Å². The van der Waals surface area contributed by atoms with Gasteiger partial charge in [-0.1, -0.05) is 0 Å². The number of hydrogen-bond acceptors (Lipinski definition) is 6. The molecule has 0 atom stereocenters. The number of nitrogens with zero attached hydrogens (tertiary/aromatic N) is 5. The lowest BCUT2D eigenvalue weighted by Gasteiger charge is -2.44. The van der Waals surface area contributed by atoms with Gasteiger partial charge < -0.3 is 9.80 Å². The van der Waals surface area contributed by atoms with Crippen molar-refractivity contribution in [2.75, 3.05) is 29.9 Å². The van der Waals surface area contributed by atoms with Gasteiger partial charge in [0.25, 0.3) is 0 Å². The Labute approximate surface area is 122 Å². The molecular formula is C14H17N5S. The number of fused-ring (bicyclic) bond motifs is 1.